The van der Waals surface area contributed by atoms with E-state index in [1.807, 2.05) is 19.1 Å². The Kier molecular flexibility index (Phi) is 3.76. The van der Waals surface area contributed by atoms with Gasteiger partial charge in [-0.15, -0.1) is 22.7 Å². The van der Waals surface area contributed by atoms with Crippen molar-refractivity contribution in [3.8, 4) is 9.75 Å². The van der Waals surface area contributed by atoms with E-state index in [9.17, 15) is 4.79 Å². The minimum Gasteiger partial charge on any atom is -0.466 e. The Morgan fingerprint density at radius 3 is 2.76 bits per heavy atom. The van der Waals surface area contributed by atoms with Crippen LogP contribution >= 0.6 is 22.7 Å². The highest BCUT2D eigenvalue weighted by Crippen LogP contribution is 2.34. The Morgan fingerprint density at radius 2 is 2.12 bits per heavy atom. The van der Waals surface area contributed by atoms with Crippen molar-refractivity contribution in [1.82, 2.24) is 0 Å². The van der Waals surface area contributed by atoms with Gasteiger partial charge >= 0.3 is 5.97 Å². The van der Waals surface area contributed by atoms with Crippen molar-refractivity contribution < 1.29 is 9.53 Å². The van der Waals surface area contributed by atoms with Crippen LogP contribution in [0.2, 0.25) is 0 Å². The van der Waals surface area contributed by atoms with Crippen LogP contribution < -0.4 is 0 Å². The molecular formula is C13H12O2S2. The first-order valence-corrected chi connectivity index (χ1v) is 6.80. The number of methoxy groups -OCH3 is 1. The summed E-state index contributed by atoms with van der Waals surface area (Å²) in [7, 11) is 1.39. The molecule has 0 aromatic carbocycles. The van der Waals surface area contributed by atoms with Crippen LogP contribution in [-0.2, 0) is 9.53 Å². The second kappa shape index (κ2) is 5.29. The van der Waals surface area contributed by atoms with Crippen LogP contribution in [-0.4, -0.2) is 13.1 Å². The second-order valence-electron chi connectivity index (χ2n) is 3.49. The fourth-order valence-corrected chi connectivity index (χ4v) is 3.22. The van der Waals surface area contributed by atoms with Crippen molar-refractivity contribution >= 4 is 34.2 Å². The average molecular weight is 264 g/mol. The van der Waals surface area contributed by atoms with Gasteiger partial charge in [-0.3, -0.25) is 0 Å². The van der Waals surface area contributed by atoms with Crippen LogP contribution in [0, 0.1) is 0 Å². The molecule has 2 rings (SSSR count). The molecule has 0 atom stereocenters. The van der Waals surface area contributed by atoms with E-state index in [0.717, 1.165) is 10.5 Å². The molecule has 0 N–H and O–H groups in total. The zero-order chi connectivity index (χ0) is 12.3. The van der Waals surface area contributed by atoms with Gasteiger partial charge in [0.05, 0.1) is 7.11 Å². The molecule has 17 heavy (non-hydrogen) atoms. The molecule has 2 heterocycles. The molecule has 0 bridgehead atoms. The van der Waals surface area contributed by atoms with Crippen molar-refractivity contribution in [3.05, 3.63) is 40.6 Å². The molecule has 0 spiro atoms. The first kappa shape index (κ1) is 12.1. The van der Waals surface area contributed by atoms with Crippen LogP contribution in [0.3, 0.4) is 0 Å². The topological polar surface area (TPSA) is 26.3 Å². The van der Waals surface area contributed by atoms with E-state index in [1.54, 1.807) is 22.7 Å². The summed E-state index contributed by atoms with van der Waals surface area (Å²) in [6.07, 6.45) is 1.52. The second-order valence-corrected chi connectivity index (χ2v) is 5.52. The summed E-state index contributed by atoms with van der Waals surface area (Å²) in [6.45, 7) is 1.92. The number of ether oxygens (including phenoxy) is 1. The van der Waals surface area contributed by atoms with E-state index in [-0.39, 0.29) is 5.97 Å². The number of thiophene rings is 2. The quantitative estimate of drug-likeness (QED) is 0.617. The first-order valence-electron chi connectivity index (χ1n) is 5.11. The van der Waals surface area contributed by atoms with Gasteiger partial charge in [0.1, 0.15) is 0 Å². The molecule has 0 fully saturated rings. The smallest absolute Gasteiger partial charge is 0.330 e. The molecule has 88 valence electrons. The summed E-state index contributed by atoms with van der Waals surface area (Å²) in [4.78, 5) is 14.7. The molecule has 0 aliphatic heterocycles. The lowest BCUT2D eigenvalue weighted by molar-refractivity contribution is -0.134. The lowest BCUT2D eigenvalue weighted by Gasteiger charge is -1.96. The summed E-state index contributed by atoms with van der Waals surface area (Å²) in [5.41, 5.74) is 0.935. The molecule has 0 saturated carbocycles. The molecule has 0 unspecified atom stereocenters. The molecule has 2 aromatic heterocycles. The highest BCUT2D eigenvalue weighted by atomic mass is 32.1. The third kappa shape index (κ3) is 2.84. The third-order valence-corrected chi connectivity index (χ3v) is 4.58. The Hall–Kier alpha value is -1.39. The van der Waals surface area contributed by atoms with Crippen LogP contribution in [0.25, 0.3) is 15.3 Å². The summed E-state index contributed by atoms with van der Waals surface area (Å²) < 4.78 is 4.61. The molecule has 0 amide bonds. The number of rotatable bonds is 3. The van der Waals surface area contributed by atoms with Crippen LogP contribution in [0.15, 0.2) is 35.7 Å². The molecule has 0 aliphatic carbocycles. The number of allylic oxidation sites excluding steroid dienone is 1. The van der Waals surface area contributed by atoms with Gasteiger partial charge in [-0.2, -0.15) is 0 Å². The summed E-state index contributed by atoms with van der Waals surface area (Å²) >= 11 is 3.40. The Labute approximate surface area is 108 Å². The third-order valence-electron chi connectivity index (χ3n) is 2.29. The number of carbonyl (C=O) groups is 1. The van der Waals surface area contributed by atoms with Crippen molar-refractivity contribution in [1.29, 1.82) is 0 Å². The van der Waals surface area contributed by atoms with E-state index < -0.39 is 0 Å². The summed E-state index contributed by atoms with van der Waals surface area (Å²) in [6, 6.07) is 8.26. The van der Waals surface area contributed by atoms with Gasteiger partial charge in [0.2, 0.25) is 0 Å². The maximum atomic E-state index is 11.1. The van der Waals surface area contributed by atoms with Crippen molar-refractivity contribution in [2.45, 2.75) is 6.92 Å². The zero-order valence-electron chi connectivity index (χ0n) is 9.60. The maximum Gasteiger partial charge on any atom is 0.330 e. The highest BCUT2D eigenvalue weighted by Gasteiger charge is 2.06. The minimum absolute atomic E-state index is 0.312. The average Bonchev–Trinajstić information content (AvgIpc) is 2.98. The van der Waals surface area contributed by atoms with Crippen molar-refractivity contribution in [2.75, 3.05) is 7.11 Å². The standard InChI is InChI=1S/C13H12O2S2/c1-9(8-13(14)15-2)10-5-6-12(17-10)11-4-3-7-16-11/h3-8H,1-2H3/b9-8+. The van der Waals surface area contributed by atoms with Gasteiger partial charge < -0.3 is 4.74 Å². The Bertz CT molecular complexity index is 536. The van der Waals surface area contributed by atoms with Gasteiger partial charge in [0.25, 0.3) is 0 Å². The van der Waals surface area contributed by atoms with E-state index >= 15 is 0 Å². The molecule has 0 saturated heterocycles. The van der Waals surface area contributed by atoms with E-state index in [1.165, 1.54) is 22.9 Å². The zero-order valence-corrected chi connectivity index (χ0v) is 11.2. The predicted octanol–water partition coefficient (Wildman–Crippen LogP) is 4.05. The van der Waals surface area contributed by atoms with E-state index in [2.05, 4.69) is 22.2 Å². The maximum absolute atomic E-state index is 11.1. The predicted molar refractivity (Wildman–Crippen MR) is 73.3 cm³/mol. The molecular weight excluding hydrogens is 252 g/mol. The van der Waals surface area contributed by atoms with Gasteiger partial charge in [-0.25, -0.2) is 4.79 Å². The largest absolute Gasteiger partial charge is 0.466 e. The monoisotopic (exact) mass is 264 g/mol. The molecule has 0 aliphatic rings. The van der Waals surface area contributed by atoms with Gasteiger partial charge in [0, 0.05) is 20.7 Å². The number of hydrogen-bond acceptors (Lipinski definition) is 4. The molecule has 2 aromatic rings. The first-order chi connectivity index (χ1) is 8.20. The summed E-state index contributed by atoms with van der Waals surface area (Å²) in [5.74, 6) is -0.312. The van der Waals surface area contributed by atoms with E-state index in [4.69, 9.17) is 0 Å². The number of hydrogen-bond donors (Lipinski definition) is 0. The molecule has 0 radical (unpaired) electrons. The number of esters is 1. The Balaban J connectivity index is 2.24. The molecule has 4 heteroatoms. The lowest BCUT2D eigenvalue weighted by atomic mass is 10.2. The van der Waals surface area contributed by atoms with Gasteiger partial charge in [0.15, 0.2) is 0 Å². The van der Waals surface area contributed by atoms with E-state index in [0.29, 0.717) is 0 Å². The normalized spacial score (nSPS) is 11.5. The summed E-state index contributed by atoms with van der Waals surface area (Å²) in [5, 5.41) is 2.06. The molecule has 2 nitrogen and oxygen atoms in total. The van der Waals surface area contributed by atoms with Gasteiger partial charge in [-0.05, 0) is 36.1 Å². The Morgan fingerprint density at radius 1 is 1.29 bits per heavy atom. The highest BCUT2D eigenvalue weighted by molar-refractivity contribution is 7.21. The van der Waals surface area contributed by atoms with Crippen molar-refractivity contribution in [3.63, 3.8) is 0 Å². The fourth-order valence-electron chi connectivity index (χ4n) is 1.41. The fraction of sp³-hybridized carbons (Fsp3) is 0.154. The lowest BCUT2D eigenvalue weighted by Crippen LogP contribution is -1.94. The van der Waals surface area contributed by atoms with Gasteiger partial charge in [-0.1, -0.05) is 6.07 Å². The van der Waals surface area contributed by atoms with Crippen LogP contribution in [0.4, 0.5) is 0 Å². The number of carbonyl (C=O) groups excluding carboxylic acids is 1. The van der Waals surface area contributed by atoms with Crippen LogP contribution in [0.5, 0.6) is 0 Å². The van der Waals surface area contributed by atoms with Crippen molar-refractivity contribution in [2.24, 2.45) is 0 Å². The minimum atomic E-state index is -0.312. The SMILES string of the molecule is COC(=O)/C=C(\C)c1ccc(-c2cccs2)s1. The van der Waals surface area contributed by atoms with Crippen LogP contribution in [0.1, 0.15) is 11.8 Å².